The Kier molecular flexibility index (Phi) is 5.22. The number of ether oxygens (including phenoxy) is 1. The molecule has 2 rings (SSSR count). The second kappa shape index (κ2) is 6.69. The fourth-order valence-electron chi connectivity index (χ4n) is 3.04. The van der Waals surface area contributed by atoms with Crippen molar-refractivity contribution in [3.8, 4) is 0 Å². The molecule has 17 heavy (non-hydrogen) atoms. The quantitative estimate of drug-likeness (QED) is 0.757. The molecule has 0 spiro atoms. The van der Waals surface area contributed by atoms with Crippen molar-refractivity contribution in [2.45, 2.75) is 25.7 Å². The lowest BCUT2D eigenvalue weighted by molar-refractivity contribution is -0.0816. The molecule has 4 nitrogen and oxygen atoms in total. The van der Waals surface area contributed by atoms with Crippen molar-refractivity contribution < 1.29 is 9.94 Å². The molecule has 100 valence electrons. The minimum atomic E-state index is 0.670. The Morgan fingerprint density at radius 2 is 2.00 bits per heavy atom. The minimum Gasteiger partial charge on any atom is -0.381 e. The maximum Gasteiger partial charge on any atom is 0.0506 e. The van der Waals surface area contributed by atoms with E-state index in [2.05, 4.69) is 4.90 Å². The molecule has 2 fully saturated rings. The van der Waals surface area contributed by atoms with Crippen molar-refractivity contribution in [3.63, 3.8) is 0 Å². The first-order chi connectivity index (χ1) is 8.24. The molecule has 0 saturated carbocycles. The first-order valence-electron chi connectivity index (χ1n) is 6.94. The van der Waals surface area contributed by atoms with Crippen molar-refractivity contribution in [2.75, 3.05) is 46.4 Å². The van der Waals surface area contributed by atoms with Crippen LogP contribution in [0.15, 0.2) is 0 Å². The third-order valence-electron chi connectivity index (χ3n) is 4.00. The SMILES string of the molecule is CN(O)CC1CCN(CC2CCCOC2)CC1. The fraction of sp³-hybridized carbons (Fsp3) is 1.00. The summed E-state index contributed by atoms with van der Waals surface area (Å²) >= 11 is 0. The van der Waals surface area contributed by atoms with Gasteiger partial charge in [-0.15, -0.1) is 0 Å². The second-order valence-corrected chi connectivity index (χ2v) is 5.67. The van der Waals surface area contributed by atoms with E-state index in [1.807, 2.05) is 0 Å². The van der Waals surface area contributed by atoms with Crippen LogP contribution < -0.4 is 0 Å². The van der Waals surface area contributed by atoms with Crippen LogP contribution in [0.4, 0.5) is 0 Å². The van der Waals surface area contributed by atoms with Crippen molar-refractivity contribution in [3.05, 3.63) is 0 Å². The number of likely N-dealkylation sites (tertiary alicyclic amines) is 1. The Hall–Kier alpha value is -0.160. The molecule has 2 aliphatic heterocycles. The van der Waals surface area contributed by atoms with Gasteiger partial charge in [-0.3, -0.25) is 0 Å². The van der Waals surface area contributed by atoms with Crippen LogP contribution in [0.2, 0.25) is 0 Å². The predicted octanol–water partition coefficient (Wildman–Crippen LogP) is 1.45. The summed E-state index contributed by atoms with van der Waals surface area (Å²) in [7, 11) is 1.74. The molecule has 0 bridgehead atoms. The average molecular weight is 242 g/mol. The highest BCUT2D eigenvalue weighted by molar-refractivity contribution is 4.76. The third-order valence-corrected chi connectivity index (χ3v) is 4.00. The molecule has 1 unspecified atom stereocenters. The Morgan fingerprint density at radius 3 is 2.59 bits per heavy atom. The van der Waals surface area contributed by atoms with Crippen molar-refractivity contribution in [1.29, 1.82) is 0 Å². The van der Waals surface area contributed by atoms with Crippen molar-refractivity contribution >= 4 is 0 Å². The molecular weight excluding hydrogens is 216 g/mol. The highest BCUT2D eigenvalue weighted by atomic mass is 16.5. The molecule has 0 aromatic heterocycles. The van der Waals surface area contributed by atoms with Crippen LogP contribution in [0.25, 0.3) is 0 Å². The van der Waals surface area contributed by atoms with E-state index in [1.165, 1.54) is 50.4 Å². The Bertz CT molecular complexity index is 209. The highest BCUT2D eigenvalue weighted by Gasteiger charge is 2.23. The summed E-state index contributed by atoms with van der Waals surface area (Å²) in [6, 6.07) is 0. The lowest BCUT2D eigenvalue weighted by Crippen LogP contribution is -2.41. The second-order valence-electron chi connectivity index (χ2n) is 5.67. The lowest BCUT2D eigenvalue weighted by Gasteiger charge is -2.35. The number of hydroxylamine groups is 2. The zero-order chi connectivity index (χ0) is 12.1. The largest absolute Gasteiger partial charge is 0.381 e. The van der Waals surface area contributed by atoms with E-state index in [-0.39, 0.29) is 0 Å². The summed E-state index contributed by atoms with van der Waals surface area (Å²) < 4.78 is 5.53. The van der Waals surface area contributed by atoms with Gasteiger partial charge in [0.25, 0.3) is 0 Å². The van der Waals surface area contributed by atoms with Crippen LogP contribution in [0, 0.1) is 11.8 Å². The van der Waals surface area contributed by atoms with Gasteiger partial charge in [-0.2, -0.15) is 5.06 Å². The zero-order valence-electron chi connectivity index (χ0n) is 11.0. The maximum absolute atomic E-state index is 9.23. The molecule has 0 aliphatic carbocycles. The summed E-state index contributed by atoms with van der Waals surface area (Å²) in [6.07, 6.45) is 5.01. The van der Waals surface area contributed by atoms with E-state index in [1.54, 1.807) is 7.05 Å². The van der Waals surface area contributed by atoms with Gasteiger partial charge in [0.15, 0.2) is 0 Å². The van der Waals surface area contributed by atoms with Crippen LogP contribution in [0.3, 0.4) is 0 Å². The number of nitrogens with zero attached hydrogens (tertiary/aromatic N) is 2. The van der Waals surface area contributed by atoms with E-state index < -0.39 is 0 Å². The Balaban J connectivity index is 1.64. The monoisotopic (exact) mass is 242 g/mol. The van der Waals surface area contributed by atoms with Crippen molar-refractivity contribution in [2.24, 2.45) is 11.8 Å². The van der Waals surface area contributed by atoms with Crippen molar-refractivity contribution in [1.82, 2.24) is 9.96 Å². The van der Waals surface area contributed by atoms with Crippen LogP contribution >= 0.6 is 0 Å². The minimum absolute atomic E-state index is 0.670. The topological polar surface area (TPSA) is 35.9 Å². The normalized spacial score (nSPS) is 28.8. The fourth-order valence-corrected chi connectivity index (χ4v) is 3.04. The molecule has 1 atom stereocenters. The van der Waals surface area contributed by atoms with E-state index >= 15 is 0 Å². The number of hydrogen-bond acceptors (Lipinski definition) is 4. The van der Waals surface area contributed by atoms with Gasteiger partial charge in [-0.1, -0.05) is 0 Å². The van der Waals surface area contributed by atoms with Gasteiger partial charge < -0.3 is 14.8 Å². The van der Waals surface area contributed by atoms with Gasteiger partial charge in [0.05, 0.1) is 6.61 Å². The summed E-state index contributed by atoms with van der Waals surface area (Å²) in [5, 5.41) is 10.6. The number of hydrogen-bond donors (Lipinski definition) is 1. The maximum atomic E-state index is 9.23. The molecule has 2 aliphatic rings. The highest BCUT2D eigenvalue weighted by Crippen LogP contribution is 2.21. The third kappa shape index (κ3) is 4.54. The average Bonchev–Trinajstić information content (AvgIpc) is 2.32. The van der Waals surface area contributed by atoms with Gasteiger partial charge >= 0.3 is 0 Å². The van der Waals surface area contributed by atoms with Gasteiger partial charge in [0, 0.05) is 26.7 Å². The first kappa shape index (κ1) is 13.3. The molecule has 0 radical (unpaired) electrons. The molecule has 0 aromatic carbocycles. The summed E-state index contributed by atoms with van der Waals surface area (Å²) in [5.41, 5.74) is 0. The molecule has 2 heterocycles. The molecule has 2 saturated heterocycles. The van der Waals surface area contributed by atoms with Gasteiger partial charge in [0.2, 0.25) is 0 Å². The van der Waals surface area contributed by atoms with Gasteiger partial charge in [-0.25, -0.2) is 0 Å². The Labute approximate surface area is 104 Å². The predicted molar refractivity (Wildman–Crippen MR) is 67.1 cm³/mol. The van der Waals surface area contributed by atoms with Crippen LogP contribution in [0.1, 0.15) is 25.7 Å². The first-order valence-corrected chi connectivity index (χ1v) is 6.94. The van der Waals surface area contributed by atoms with Crippen LogP contribution in [0.5, 0.6) is 0 Å². The molecule has 1 N–H and O–H groups in total. The molecule has 0 aromatic rings. The number of piperidine rings is 1. The summed E-state index contributed by atoms with van der Waals surface area (Å²) in [6.45, 7) is 6.33. The smallest absolute Gasteiger partial charge is 0.0506 e. The molecular formula is C13H26N2O2. The van der Waals surface area contributed by atoms with E-state index in [9.17, 15) is 5.21 Å². The zero-order valence-corrected chi connectivity index (χ0v) is 11.0. The standard InChI is InChI=1S/C13H26N2O2/c1-14(16)9-12-4-6-15(7-5-12)10-13-3-2-8-17-11-13/h12-13,16H,2-11H2,1H3. The summed E-state index contributed by atoms with van der Waals surface area (Å²) in [5.74, 6) is 1.42. The lowest BCUT2D eigenvalue weighted by atomic mass is 9.94. The number of rotatable bonds is 4. The van der Waals surface area contributed by atoms with E-state index in [4.69, 9.17) is 4.74 Å². The van der Waals surface area contributed by atoms with Gasteiger partial charge in [-0.05, 0) is 50.6 Å². The van der Waals surface area contributed by atoms with E-state index in [0.29, 0.717) is 5.92 Å². The Morgan fingerprint density at radius 1 is 1.24 bits per heavy atom. The molecule has 4 heteroatoms. The summed E-state index contributed by atoms with van der Waals surface area (Å²) in [4.78, 5) is 2.58. The molecule has 0 amide bonds. The van der Waals surface area contributed by atoms with Crippen LogP contribution in [-0.2, 0) is 4.74 Å². The van der Waals surface area contributed by atoms with E-state index in [0.717, 1.165) is 25.7 Å². The van der Waals surface area contributed by atoms with Gasteiger partial charge in [0.1, 0.15) is 0 Å². The van der Waals surface area contributed by atoms with Crippen LogP contribution in [-0.4, -0.2) is 61.6 Å².